The summed E-state index contributed by atoms with van der Waals surface area (Å²) in [5.41, 5.74) is 0.888. The molecule has 0 aromatic carbocycles. The first-order chi connectivity index (χ1) is 29.0. The van der Waals surface area contributed by atoms with E-state index in [1.807, 2.05) is 0 Å². The number of rotatable bonds is 14. The molecule has 0 fully saturated rings. The highest BCUT2D eigenvalue weighted by Crippen LogP contribution is 2.38. The van der Waals surface area contributed by atoms with E-state index in [-0.39, 0.29) is 46.1 Å². The number of aromatic nitrogens is 6. The summed E-state index contributed by atoms with van der Waals surface area (Å²) < 4.78 is 23.9. The summed E-state index contributed by atoms with van der Waals surface area (Å²) in [6.45, 7) is 5.17. The second-order valence-electron chi connectivity index (χ2n) is 13.2. The molecule has 16 nitrogen and oxygen atoms in total. The predicted octanol–water partition coefficient (Wildman–Crippen LogP) is 10.5. The number of imide groups is 2. The third kappa shape index (κ3) is 10.9. The molecule has 2 aliphatic rings. The van der Waals surface area contributed by atoms with Crippen molar-refractivity contribution in [3.63, 3.8) is 0 Å². The third-order valence-corrected chi connectivity index (χ3v) is 10.6. The van der Waals surface area contributed by atoms with Crippen molar-refractivity contribution in [3.8, 4) is 46.1 Å². The maximum atomic E-state index is 13.2. The summed E-state index contributed by atoms with van der Waals surface area (Å²) in [5.74, 6) is 1.25. The summed E-state index contributed by atoms with van der Waals surface area (Å²) >= 11 is 12.9. The van der Waals surface area contributed by atoms with Crippen molar-refractivity contribution in [1.82, 2.24) is 40.4 Å². The van der Waals surface area contributed by atoms with Crippen LogP contribution in [0.1, 0.15) is 85.9 Å². The Kier molecular flexibility index (Phi) is 15.7. The first kappa shape index (κ1) is 44.6. The van der Waals surface area contributed by atoms with Gasteiger partial charge in [0.1, 0.15) is 11.4 Å². The van der Waals surface area contributed by atoms with E-state index in [0.29, 0.717) is 66.5 Å². The molecule has 6 aromatic heterocycles. The molecule has 60 heavy (non-hydrogen) atoms. The van der Waals surface area contributed by atoms with Crippen LogP contribution in [-0.2, 0) is 9.59 Å². The molecule has 6 aromatic rings. The summed E-state index contributed by atoms with van der Waals surface area (Å²) in [5, 5.41) is 24.2. The predicted molar refractivity (Wildman–Crippen MR) is 231 cm³/mol. The summed E-state index contributed by atoms with van der Waals surface area (Å²) in [6, 6.07) is 13.7. The second-order valence-corrected chi connectivity index (χ2v) is 16.3. The van der Waals surface area contributed by atoms with E-state index in [2.05, 4.69) is 108 Å². The molecule has 0 N–H and O–H groups in total. The highest BCUT2D eigenvalue weighted by molar-refractivity contribution is 9.11. The monoisotopic (exact) mass is 1070 g/mol. The fourth-order valence-corrected chi connectivity index (χ4v) is 7.21. The molecule has 312 valence electrons. The van der Waals surface area contributed by atoms with Gasteiger partial charge in [-0.15, -0.1) is 30.6 Å². The van der Waals surface area contributed by atoms with Crippen molar-refractivity contribution < 1.29 is 36.8 Å². The standard InChI is InChI=1S/C20H17Br2N3O4.C10H4Br2N4O2.C10H15NO2/c1-2-3-4-5-10-25-19(26)15-16(20(25)27)18(12-7-9-14(22)29-12)24-23-17(15)11-6-8-13(21)28-11;11-7-3-1-5(17-7)9-13-15-10(16-14-9)6-2-4-8(12)18-6;1-2-3-4-5-8-11-9(12)6-7-10(11)13/h6-9H,2-5,10H2,1H3;1-4H;6-7H,2-5,8H2,1H3. The van der Waals surface area contributed by atoms with Crippen molar-refractivity contribution in [2.24, 2.45) is 0 Å². The minimum atomic E-state index is -0.384. The summed E-state index contributed by atoms with van der Waals surface area (Å²) in [6.07, 6.45) is 10.9. The molecule has 0 atom stereocenters. The van der Waals surface area contributed by atoms with Gasteiger partial charge >= 0.3 is 0 Å². The van der Waals surface area contributed by atoms with Gasteiger partial charge in [0.05, 0.1) is 11.1 Å². The van der Waals surface area contributed by atoms with Crippen LogP contribution in [0.4, 0.5) is 0 Å². The van der Waals surface area contributed by atoms with E-state index in [1.54, 1.807) is 48.5 Å². The Bertz CT molecular complexity index is 2340. The number of carbonyl (C=O) groups is 4. The van der Waals surface area contributed by atoms with Crippen LogP contribution < -0.4 is 0 Å². The Morgan fingerprint density at radius 3 is 1.13 bits per heavy atom. The van der Waals surface area contributed by atoms with E-state index in [1.165, 1.54) is 34.8 Å². The number of hydrogen-bond acceptors (Lipinski definition) is 14. The maximum Gasteiger partial charge on any atom is 0.264 e. The molecule has 0 aliphatic carbocycles. The van der Waals surface area contributed by atoms with Gasteiger partial charge in [-0.25, -0.2) is 0 Å². The second kappa shape index (κ2) is 21.0. The van der Waals surface area contributed by atoms with Crippen LogP contribution in [0.25, 0.3) is 46.1 Å². The van der Waals surface area contributed by atoms with Crippen molar-refractivity contribution >= 4 is 87.3 Å². The highest BCUT2D eigenvalue weighted by Gasteiger charge is 2.42. The molecule has 4 amide bonds. The van der Waals surface area contributed by atoms with E-state index in [4.69, 9.17) is 17.7 Å². The average molecular weight is 1080 g/mol. The van der Waals surface area contributed by atoms with Gasteiger partial charge in [0, 0.05) is 25.2 Å². The maximum absolute atomic E-state index is 13.2. The van der Waals surface area contributed by atoms with Crippen LogP contribution in [0.2, 0.25) is 0 Å². The quantitative estimate of drug-likeness (QED) is 0.0735. The molecule has 0 saturated heterocycles. The molecule has 8 heterocycles. The Morgan fingerprint density at radius 2 is 0.800 bits per heavy atom. The SMILES string of the molecule is Brc1ccc(-c2nnc(-c3ccc(Br)o3)nn2)o1.CCCCCCN1C(=O)C=CC1=O.CCCCCCN1C(=O)c2c(-c3ccc(Br)o3)nnc(-c3ccc(Br)o3)c2C1=O. The normalized spacial score (nSPS) is 13.2. The largest absolute Gasteiger partial charge is 0.448 e. The number of unbranched alkanes of at least 4 members (excludes halogenated alkanes) is 6. The van der Waals surface area contributed by atoms with Gasteiger partial charge in [0.25, 0.3) is 23.6 Å². The Labute approximate surface area is 377 Å². The van der Waals surface area contributed by atoms with Crippen molar-refractivity contribution in [3.05, 3.63) is 90.5 Å². The number of nitrogens with zero attached hydrogens (tertiary/aromatic N) is 8. The Morgan fingerprint density at radius 1 is 0.450 bits per heavy atom. The minimum absolute atomic E-state index is 0.165. The number of furan rings is 4. The van der Waals surface area contributed by atoms with Gasteiger partial charge in [-0.1, -0.05) is 52.4 Å². The molecule has 0 spiro atoms. The summed E-state index contributed by atoms with van der Waals surface area (Å²) in [4.78, 5) is 51.1. The number of halogens is 4. The van der Waals surface area contributed by atoms with Gasteiger partial charge in [0.15, 0.2) is 41.7 Å². The Balaban J connectivity index is 0.000000166. The average Bonchev–Trinajstić information content (AvgIpc) is 4.13. The van der Waals surface area contributed by atoms with Gasteiger partial charge < -0.3 is 17.7 Å². The lowest BCUT2D eigenvalue weighted by atomic mass is 10.0. The number of hydrogen-bond donors (Lipinski definition) is 0. The highest BCUT2D eigenvalue weighted by atomic mass is 79.9. The molecule has 0 radical (unpaired) electrons. The molecular weight excluding hydrogens is 1040 g/mol. The molecule has 20 heteroatoms. The van der Waals surface area contributed by atoms with Gasteiger partial charge in [-0.2, -0.15) is 0 Å². The smallest absolute Gasteiger partial charge is 0.264 e. The first-order valence-electron chi connectivity index (χ1n) is 18.9. The van der Waals surface area contributed by atoms with E-state index >= 15 is 0 Å². The van der Waals surface area contributed by atoms with E-state index < -0.39 is 0 Å². The van der Waals surface area contributed by atoms with Crippen molar-refractivity contribution in [2.75, 3.05) is 13.1 Å². The molecule has 0 saturated carbocycles. The molecule has 0 bridgehead atoms. The van der Waals surface area contributed by atoms with Crippen LogP contribution in [-0.4, -0.2) is 77.1 Å². The lowest BCUT2D eigenvalue weighted by Gasteiger charge is -2.13. The third-order valence-electron chi connectivity index (χ3n) is 8.94. The fourth-order valence-electron chi connectivity index (χ4n) is 5.99. The number of amides is 4. The molecule has 8 rings (SSSR count). The fraction of sp³-hybridized carbons (Fsp3) is 0.300. The van der Waals surface area contributed by atoms with Crippen LogP contribution in [0.3, 0.4) is 0 Å². The van der Waals surface area contributed by atoms with Gasteiger partial charge in [-0.05, 0) is 125 Å². The number of carbonyl (C=O) groups excluding carboxylic acids is 4. The zero-order valence-corrected chi connectivity index (χ0v) is 38.5. The summed E-state index contributed by atoms with van der Waals surface area (Å²) in [7, 11) is 0. The van der Waals surface area contributed by atoms with Crippen molar-refractivity contribution in [2.45, 2.75) is 65.2 Å². The molecule has 0 unspecified atom stereocenters. The topological polar surface area (TPSA) is 205 Å². The van der Waals surface area contributed by atoms with Crippen LogP contribution in [0.5, 0.6) is 0 Å². The Hall–Kier alpha value is -4.92. The van der Waals surface area contributed by atoms with Gasteiger partial charge in [0.2, 0.25) is 11.6 Å². The zero-order chi connectivity index (χ0) is 42.8. The van der Waals surface area contributed by atoms with Crippen LogP contribution >= 0.6 is 63.7 Å². The zero-order valence-electron chi connectivity index (χ0n) is 32.2. The molecular formula is C40H36Br4N8O8. The van der Waals surface area contributed by atoms with Crippen molar-refractivity contribution in [1.29, 1.82) is 0 Å². The van der Waals surface area contributed by atoms with Crippen LogP contribution in [0.15, 0.2) is 97.0 Å². The molecule has 2 aliphatic heterocycles. The number of fused-ring (bicyclic) bond motifs is 1. The lowest BCUT2D eigenvalue weighted by Crippen LogP contribution is -2.30. The minimum Gasteiger partial charge on any atom is -0.448 e. The van der Waals surface area contributed by atoms with E-state index in [9.17, 15) is 19.2 Å². The van der Waals surface area contributed by atoms with E-state index in [0.717, 1.165) is 38.5 Å². The lowest BCUT2D eigenvalue weighted by molar-refractivity contribution is -0.136. The first-order valence-corrected chi connectivity index (χ1v) is 22.1. The van der Waals surface area contributed by atoms with Crippen LogP contribution in [0, 0.1) is 0 Å². The van der Waals surface area contributed by atoms with Gasteiger partial charge in [-0.3, -0.25) is 29.0 Å².